The lowest BCUT2D eigenvalue weighted by Gasteiger charge is -2.09. The Labute approximate surface area is 76.5 Å². The van der Waals surface area contributed by atoms with E-state index >= 15 is 0 Å². The quantitative estimate of drug-likeness (QED) is 0.590. The van der Waals surface area contributed by atoms with Gasteiger partial charge in [0.2, 0.25) is 0 Å². The summed E-state index contributed by atoms with van der Waals surface area (Å²) in [7, 11) is 0. The molecule has 0 aromatic carbocycles. The number of rotatable bonds is 4. The Hall–Kier alpha value is -0.0400. The molecule has 2 atom stereocenters. The van der Waals surface area contributed by atoms with Crippen LogP contribution in [0.5, 0.6) is 0 Å². The summed E-state index contributed by atoms with van der Waals surface area (Å²) in [5, 5.41) is 0. The highest BCUT2D eigenvalue weighted by Gasteiger charge is 2.52. The molecule has 1 saturated heterocycles. The topological polar surface area (TPSA) is 12.5 Å². The minimum Gasteiger partial charge on any atom is -0.366 e. The standard InChI is InChI=1S/C11H22O/c1-8(2)6-7-11(5)10(12-11)9(3)4/h8-10H,6-7H2,1-5H3/t10?,11-/m1/s1. The Morgan fingerprint density at radius 2 is 1.83 bits per heavy atom. The van der Waals surface area contributed by atoms with Gasteiger partial charge in [0.15, 0.2) is 0 Å². The van der Waals surface area contributed by atoms with E-state index in [0.29, 0.717) is 12.0 Å². The molecule has 0 bridgehead atoms. The van der Waals surface area contributed by atoms with Crippen LogP contribution in [-0.2, 0) is 4.74 Å². The SMILES string of the molecule is CC(C)CC[C@@]1(C)OC1C(C)C. The lowest BCUT2D eigenvalue weighted by molar-refractivity contribution is 0.274. The van der Waals surface area contributed by atoms with Gasteiger partial charge in [-0.15, -0.1) is 0 Å². The number of hydrogen-bond donors (Lipinski definition) is 0. The highest BCUT2D eigenvalue weighted by Crippen LogP contribution is 2.44. The summed E-state index contributed by atoms with van der Waals surface area (Å²) in [6.07, 6.45) is 3.05. The molecule has 0 spiro atoms. The second-order valence-corrected chi connectivity index (χ2v) is 5.03. The van der Waals surface area contributed by atoms with Gasteiger partial charge in [-0.3, -0.25) is 0 Å². The average molecular weight is 170 g/mol. The predicted molar refractivity (Wildman–Crippen MR) is 52.2 cm³/mol. The van der Waals surface area contributed by atoms with Gasteiger partial charge in [0.1, 0.15) is 0 Å². The second kappa shape index (κ2) is 3.37. The van der Waals surface area contributed by atoms with Crippen molar-refractivity contribution >= 4 is 0 Å². The maximum atomic E-state index is 5.72. The summed E-state index contributed by atoms with van der Waals surface area (Å²) in [5.41, 5.74) is 0.221. The van der Waals surface area contributed by atoms with E-state index in [-0.39, 0.29) is 5.60 Å². The monoisotopic (exact) mass is 170 g/mol. The molecule has 0 amide bonds. The minimum atomic E-state index is 0.221. The van der Waals surface area contributed by atoms with Crippen molar-refractivity contribution in [2.24, 2.45) is 11.8 Å². The fourth-order valence-corrected chi connectivity index (χ4v) is 1.87. The molecule has 0 radical (unpaired) electrons. The van der Waals surface area contributed by atoms with Crippen LogP contribution in [0.2, 0.25) is 0 Å². The van der Waals surface area contributed by atoms with Crippen molar-refractivity contribution in [2.75, 3.05) is 0 Å². The van der Waals surface area contributed by atoms with E-state index in [0.717, 1.165) is 5.92 Å². The molecule has 0 saturated carbocycles. The van der Waals surface area contributed by atoms with E-state index in [1.54, 1.807) is 0 Å². The maximum absolute atomic E-state index is 5.72. The zero-order valence-electron chi connectivity index (χ0n) is 9.05. The van der Waals surface area contributed by atoms with Crippen molar-refractivity contribution < 1.29 is 4.74 Å². The molecule has 1 unspecified atom stereocenters. The summed E-state index contributed by atoms with van der Waals surface area (Å²) in [6, 6.07) is 0. The minimum absolute atomic E-state index is 0.221. The first-order chi connectivity index (χ1) is 5.46. The first-order valence-electron chi connectivity index (χ1n) is 5.13. The van der Waals surface area contributed by atoms with Gasteiger partial charge in [-0.1, -0.05) is 27.7 Å². The Bertz CT molecular complexity index is 151. The van der Waals surface area contributed by atoms with E-state index in [2.05, 4.69) is 34.6 Å². The molecule has 1 aliphatic heterocycles. The molecule has 0 aromatic rings. The molecular weight excluding hydrogens is 148 g/mol. The largest absolute Gasteiger partial charge is 0.366 e. The highest BCUT2D eigenvalue weighted by molar-refractivity contribution is 5.00. The smallest absolute Gasteiger partial charge is 0.0923 e. The van der Waals surface area contributed by atoms with Crippen LogP contribution in [0.15, 0.2) is 0 Å². The van der Waals surface area contributed by atoms with Crippen LogP contribution < -0.4 is 0 Å². The molecule has 1 heterocycles. The highest BCUT2D eigenvalue weighted by atomic mass is 16.6. The third-order valence-corrected chi connectivity index (χ3v) is 2.76. The third-order valence-electron chi connectivity index (χ3n) is 2.76. The van der Waals surface area contributed by atoms with Crippen LogP contribution in [-0.4, -0.2) is 11.7 Å². The molecule has 0 aromatic heterocycles. The molecule has 0 aliphatic carbocycles. The van der Waals surface area contributed by atoms with Gasteiger partial charge in [0, 0.05) is 0 Å². The van der Waals surface area contributed by atoms with Crippen LogP contribution in [0.3, 0.4) is 0 Å². The molecule has 0 N–H and O–H groups in total. The van der Waals surface area contributed by atoms with Gasteiger partial charge in [0.05, 0.1) is 11.7 Å². The number of epoxide rings is 1. The van der Waals surface area contributed by atoms with Crippen LogP contribution in [0.25, 0.3) is 0 Å². The van der Waals surface area contributed by atoms with E-state index in [1.165, 1.54) is 12.8 Å². The predicted octanol–water partition coefficient (Wildman–Crippen LogP) is 3.24. The molecule has 72 valence electrons. The Balaban J connectivity index is 2.26. The summed E-state index contributed by atoms with van der Waals surface area (Å²) in [4.78, 5) is 0. The normalized spacial score (nSPS) is 34.8. The third kappa shape index (κ3) is 2.22. The van der Waals surface area contributed by atoms with Gasteiger partial charge < -0.3 is 4.74 Å². The molecule has 1 fully saturated rings. The fraction of sp³-hybridized carbons (Fsp3) is 1.00. The van der Waals surface area contributed by atoms with Crippen LogP contribution in [0.1, 0.15) is 47.5 Å². The number of ether oxygens (including phenoxy) is 1. The van der Waals surface area contributed by atoms with E-state index < -0.39 is 0 Å². The van der Waals surface area contributed by atoms with Crippen molar-refractivity contribution in [1.29, 1.82) is 0 Å². The zero-order chi connectivity index (χ0) is 9.35. The fourth-order valence-electron chi connectivity index (χ4n) is 1.87. The van der Waals surface area contributed by atoms with Crippen molar-refractivity contribution in [3.63, 3.8) is 0 Å². The summed E-state index contributed by atoms with van der Waals surface area (Å²) in [5.74, 6) is 1.49. The summed E-state index contributed by atoms with van der Waals surface area (Å²) in [6.45, 7) is 11.3. The van der Waals surface area contributed by atoms with E-state index in [4.69, 9.17) is 4.74 Å². The first kappa shape index (κ1) is 10.0. The van der Waals surface area contributed by atoms with Crippen LogP contribution >= 0.6 is 0 Å². The van der Waals surface area contributed by atoms with Crippen molar-refractivity contribution in [2.45, 2.75) is 59.2 Å². The molecular formula is C11H22O. The molecule has 12 heavy (non-hydrogen) atoms. The van der Waals surface area contributed by atoms with Gasteiger partial charge >= 0.3 is 0 Å². The lowest BCUT2D eigenvalue weighted by Crippen LogP contribution is -2.14. The number of hydrogen-bond acceptors (Lipinski definition) is 1. The molecule has 1 rings (SSSR count). The van der Waals surface area contributed by atoms with Crippen molar-refractivity contribution in [3.05, 3.63) is 0 Å². The van der Waals surface area contributed by atoms with Crippen molar-refractivity contribution in [3.8, 4) is 0 Å². The Morgan fingerprint density at radius 3 is 2.17 bits per heavy atom. The van der Waals surface area contributed by atoms with Crippen LogP contribution in [0.4, 0.5) is 0 Å². The van der Waals surface area contributed by atoms with E-state index in [9.17, 15) is 0 Å². The Kier molecular flexibility index (Phi) is 2.82. The maximum Gasteiger partial charge on any atom is 0.0923 e. The molecule has 1 nitrogen and oxygen atoms in total. The average Bonchev–Trinajstić information content (AvgIpc) is 2.60. The Morgan fingerprint density at radius 1 is 1.25 bits per heavy atom. The zero-order valence-corrected chi connectivity index (χ0v) is 9.05. The van der Waals surface area contributed by atoms with Crippen molar-refractivity contribution in [1.82, 2.24) is 0 Å². The van der Waals surface area contributed by atoms with Gasteiger partial charge in [-0.2, -0.15) is 0 Å². The molecule has 1 heteroatoms. The van der Waals surface area contributed by atoms with E-state index in [1.807, 2.05) is 0 Å². The lowest BCUT2D eigenvalue weighted by atomic mass is 9.92. The first-order valence-corrected chi connectivity index (χ1v) is 5.13. The second-order valence-electron chi connectivity index (χ2n) is 5.03. The molecule has 1 aliphatic rings. The summed E-state index contributed by atoms with van der Waals surface area (Å²) < 4.78 is 5.72. The van der Waals surface area contributed by atoms with Gasteiger partial charge in [0.25, 0.3) is 0 Å². The van der Waals surface area contributed by atoms with Crippen LogP contribution in [0, 0.1) is 11.8 Å². The van der Waals surface area contributed by atoms with Gasteiger partial charge in [-0.05, 0) is 31.6 Å². The summed E-state index contributed by atoms with van der Waals surface area (Å²) >= 11 is 0. The van der Waals surface area contributed by atoms with Gasteiger partial charge in [-0.25, -0.2) is 0 Å².